The molecule has 0 saturated heterocycles. The fourth-order valence-electron chi connectivity index (χ4n) is 1.51. The van der Waals surface area contributed by atoms with Gasteiger partial charge in [0.25, 0.3) is 0 Å². The second kappa shape index (κ2) is 4.30. The molecule has 1 nitrogen and oxygen atoms in total. The van der Waals surface area contributed by atoms with E-state index in [2.05, 4.69) is 78.5 Å². The average molecular weight is 441 g/mol. The molecule has 0 unspecified atom stereocenters. The molecule has 0 atom stereocenters. The van der Waals surface area contributed by atoms with Crippen molar-refractivity contribution in [3.8, 4) is 0 Å². The van der Waals surface area contributed by atoms with Crippen LogP contribution in [-0.2, 0) is 0 Å². The maximum absolute atomic E-state index is 4.59. The summed E-state index contributed by atoms with van der Waals surface area (Å²) < 4.78 is 3.37. The van der Waals surface area contributed by atoms with E-state index >= 15 is 0 Å². The lowest BCUT2D eigenvalue weighted by atomic mass is 10.1. The van der Waals surface area contributed by atoms with E-state index in [1.165, 1.54) is 9.13 Å². The molecule has 0 aliphatic rings. The molecule has 2 rings (SSSR count). The third-order valence-corrected chi connectivity index (χ3v) is 5.72. The summed E-state index contributed by atoms with van der Waals surface area (Å²) in [6.45, 7) is 4.11. The van der Waals surface area contributed by atoms with E-state index in [0.29, 0.717) is 0 Å². The minimum absolute atomic E-state index is 1.02. The van der Waals surface area contributed by atoms with Gasteiger partial charge in [-0.1, -0.05) is 0 Å². The lowest BCUT2D eigenvalue weighted by Crippen LogP contribution is -1.92. The number of benzene rings is 1. The second-order valence-electron chi connectivity index (χ2n) is 3.47. The Labute approximate surface area is 119 Å². The van der Waals surface area contributed by atoms with Crippen LogP contribution in [0.2, 0.25) is 0 Å². The minimum Gasteiger partial charge on any atom is -0.251 e. The van der Waals surface area contributed by atoms with Crippen LogP contribution in [0.1, 0.15) is 11.3 Å². The van der Waals surface area contributed by atoms with Crippen LogP contribution in [-0.4, -0.2) is 4.98 Å². The van der Waals surface area contributed by atoms with Crippen LogP contribution >= 0.6 is 54.5 Å². The van der Waals surface area contributed by atoms with Crippen LogP contribution in [0.15, 0.2) is 21.1 Å². The molecular weight excluding hydrogens is 433 g/mol. The van der Waals surface area contributed by atoms with Crippen molar-refractivity contribution >= 4 is 65.4 Å². The molecular formula is C11H8Br2IN. The van der Waals surface area contributed by atoms with Gasteiger partial charge in [0.1, 0.15) is 0 Å². The number of pyridine rings is 1. The molecule has 0 aliphatic carbocycles. The quantitative estimate of drug-likeness (QED) is 0.526. The maximum atomic E-state index is 4.59. The number of hydrogen-bond donors (Lipinski definition) is 0. The lowest BCUT2D eigenvalue weighted by molar-refractivity contribution is 1.21. The topological polar surface area (TPSA) is 12.9 Å². The summed E-state index contributed by atoms with van der Waals surface area (Å²) in [6.07, 6.45) is 0. The number of rotatable bonds is 0. The number of nitrogens with zero attached hydrogens (tertiary/aromatic N) is 1. The van der Waals surface area contributed by atoms with Crippen molar-refractivity contribution in [3.05, 3.63) is 35.9 Å². The predicted octanol–water partition coefficient (Wildman–Crippen LogP) is 4.98. The molecule has 0 fully saturated rings. The van der Waals surface area contributed by atoms with Crippen LogP contribution < -0.4 is 0 Å². The molecule has 0 saturated carbocycles. The fourth-order valence-corrected chi connectivity index (χ4v) is 3.17. The molecule has 0 amide bonds. The van der Waals surface area contributed by atoms with Gasteiger partial charge in [-0.15, -0.1) is 0 Å². The highest BCUT2D eigenvalue weighted by atomic mass is 127. The van der Waals surface area contributed by atoms with E-state index in [9.17, 15) is 0 Å². The molecule has 1 aromatic carbocycles. The van der Waals surface area contributed by atoms with Gasteiger partial charge < -0.3 is 0 Å². The van der Waals surface area contributed by atoms with Gasteiger partial charge in [0.05, 0.1) is 11.2 Å². The van der Waals surface area contributed by atoms with Crippen molar-refractivity contribution < 1.29 is 0 Å². The van der Waals surface area contributed by atoms with E-state index in [0.717, 1.165) is 25.5 Å². The van der Waals surface area contributed by atoms with Gasteiger partial charge in [0.15, 0.2) is 0 Å². The second-order valence-corrected chi connectivity index (χ2v) is 6.19. The third-order valence-electron chi connectivity index (χ3n) is 2.23. The van der Waals surface area contributed by atoms with Crippen molar-refractivity contribution in [2.24, 2.45) is 0 Å². The van der Waals surface area contributed by atoms with E-state index in [-0.39, 0.29) is 0 Å². The first kappa shape index (κ1) is 11.8. The molecule has 0 N–H and O–H groups in total. The Morgan fingerprint density at radius 2 is 1.87 bits per heavy atom. The lowest BCUT2D eigenvalue weighted by Gasteiger charge is -2.08. The molecule has 0 radical (unpaired) electrons. The summed E-state index contributed by atoms with van der Waals surface area (Å²) >= 11 is 9.50. The summed E-state index contributed by atoms with van der Waals surface area (Å²) in [6, 6.07) is 4.24. The van der Waals surface area contributed by atoms with Crippen molar-refractivity contribution in [2.75, 3.05) is 0 Å². The predicted molar refractivity (Wildman–Crippen MR) is 79.3 cm³/mol. The maximum Gasteiger partial charge on any atom is 0.0859 e. The monoisotopic (exact) mass is 439 g/mol. The highest BCUT2D eigenvalue weighted by molar-refractivity contribution is 14.1. The van der Waals surface area contributed by atoms with Gasteiger partial charge in [-0.3, -0.25) is 4.98 Å². The van der Waals surface area contributed by atoms with E-state index < -0.39 is 0 Å². The highest BCUT2D eigenvalue weighted by Crippen LogP contribution is 2.33. The van der Waals surface area contributed by atoms with Crippen molar-refractivity contribution in [2.45, 2.75) is 13.8 Å². The SMILES string of the molecule is Cc1cc(Br)c2nc(C)c(I)c(Br)c2c1. The van der Waals surface area contributed by atoms with Gasteiger partial charge >= 0.3 is 0 Å². The van der Waals surface area contributed by atoms with Crippen molar-refractivity contribution in [1.29, 1.82) is 0 Å². The van der Waals surface area contributed by atoms with Gasteiger partial charge in [-0.25, -0.2) is 0 Å². The van der Waals surface area contributed by atoms with Gasteiger partial charge in [-0.05, 0) is 86.0 Å². The van der Waals surface area contributed by atoms with Crippen LogP contribution in [0, 0.1) is 17.4 Å². The number of hydrogen-bond acceptors (Lipinski definition) is 1. The van der Waals surface area contributed by atoms with E-state index in [1.807, 2.05) is 6.92 Å². The van der Waals surface area contributed by atoms with Crippen molar-refractivity contribution in [1.82, 2.24) is 4.98 Å². The Hall–Kier alpha value is 0.320. The average Bonchev–Trinajstić information content (AvgIpc) is 2.17. The largest absolute Gasteiger partial charge is 0.251 e. The Bertz CT molecular complexity index is 552. The molecule has 0 spiro atoms. The zero-order valence-electron chi connectivity index (χ0n) is 8.24. The molecule has 4 heteroatoms. The van der Waals surface area contributed by atoms with Crippen LogP contribution in [0.3, 0.4) is 0 Å². The summed E-state index contributed by atoms with van der Waals surface area (Å²) in [5.41, 5.74) is 3.31. The third kappa shape index (κ3) is 2.08. The molecule has 0 bridgehead atoms. The van der Waals surface area contributed by atoms with Gasteiger partial charge in [0, 0.05) is 17.9 Å². The number of aromatic nitrogens is 1. The molecule has 2 aromatic rings. The van der Waals surface area contributed by atoms with E-state index in [4.69, 9.17) is 0 Å². The van der Waals surface area contributed by atoms with Crippen LogP contribution in [0.25, 0.3) is 10.9 Å². The highest BCUT2D eigenvalue weighted by Gasteiger charge is 2.10. The van der Waals surface area contributed by atoms with Crippen LogP contribution in [0.4, 0.5) is 0 Å². The standard InChI is InChI=1S/C11H8Br2IN/c1-5-3-7-9(13)10(14)6(2)15-11(7)8(12)4-5/h3-4H,1-2H3. The molecule has 78 valence electrons. The Morgan fingerprint density at radius 1 is 1.20 bits per heavy atom. The summed E-state index contributed by atoms with van der Waals surface area (Å²) in [4.78, 5) is 4.59. The fraction of sp³-hybridized carbons (Fsp3) is 0.182. The first-order valence-electron chi connectivity index (χ1n) is 4.42. The first-order chi connectivity index (χ1) is 7.00. The summed E-state index contributed by atoms with van der Waals surface area (Å²) in [7, 11) is 0. The zero-order valence-corrected chi connectivity index (χ0v) is 13.6. The Morgan fingerprint density at radius 3 is 2.53 bits per heavy atom. The molecule has 1 heterocycles. The first-order valence-corrected chi connectivity index (χ1v) is 7.08. The molecule has 15 heavy (non-hydrogen) atoms. The normalized spacial score (nSPS) is 11.0. The molecule has 0 aliphatic heterocycles. The number of fused-ring (bicyclic) bond motifs is 1. The van der Waals surface area contributed by atoms with Crippen molar-refractivity contribution in [3.63, 3.8) is 0 Å². The zero-order chi connectivity index (χ0) is 11.2. The minimum atomic E-state index is 1.02. The smallest absolute Gasteiger partial charge is 0.0859 e. The summed E-state index contributed by atoms with van der Waals surface area (Å²) in [5, 5.41) is 1.16. The van der Waals surface area contributed by atoms with E-state index in [1.54, 1.807) is 0 Å². The van der Waals surface area contributed by atoms with Gasteiger partial charge in [-0.2, -0.15) is 0 Å². The summed E-state index contributed by atoms with van der Waals surface area (Å²) in [5.74, 6) is 0. The Kier molecular flexibility index (Phi) is 3.38. The van der Waals surface area contributed by atoms with Gasteiger partial charge in [0.2, 0.25) is 0 Å². The molecule has 1 aromatic heterocycles. The number of halogens is 3. The Balaban J connectivity index is 2.98. The van der Waals surface area contributed by atoms with Crippen LogP contribution in [0.5, 0.6) is 0 Å². The number of aryl methyl sites for hydroxylation is 2.